The van der Waals surface area contributed by atoms with Crippen LogP contribution < -0.4 is 5.32 Å². The summed E-state index contributed by atoms with van der Waals surface area (Å²) >= 11 is 0. The molecule has 1 saturated heterocycles. The van der Waals surface area contributed by atoms with Gasteiger partial charge in [-0.3, -0.25) is 10.1 Å². The van der Waals surface area contributed by atoms with Crippen LogP contribution >= 0.6 is 0 Å². The molecular formula is C22H43NO2. The van der Waals surface area contributed by atoms with E-state index < -0.39 is 0 Å². The molecule has 1 heterocycles. The van der Waals surface area contributed by atoms with Crippen LogP contribution in [0.4, 0.5) is 0 Å². The number of piperidine rings is 1. The third-order valence-corrected chi connectivity index (χ3v) is 5.27. The SMILES string of the molecule is CCCCCCCCCCCCCCCCC(=O)OC1CCCCN1. The zero-order valence-corrected chi connectivity index (χ0v) is 16.8. The second-order valence-corrected chi connectivity index (χ2v) is 7.77. The van der Waals surface area contributed by atoms with Crippen molar-refractivity contribution in [2.45, 2.75) is 129 Å². The summed E-state index contributed by atoms with van der Waals surface area (Å²) in [5, 5.41) is 3.26. The Morgan fingerprint density at radius 2 is 1.32 bits per heavy atom. The topological polar surface area (TPSA) is 38.3 Å². The van der Waals surface area contributed by atoms with Gasteiger partial charge in [0.05, 0.1) is 0 Å². The molecule has 1 fully saturated rings. The van der Waals surface area contributed by atoms with E-state index in [1.807, 2.05) is 0 Å². The molecule has 0 aliphatic carbocycles. The monoisotopic (exact) mass is 353 g/mol. The van der Waals surface area contributed by atoms with Crippen LogP contribution in [0, 0.1) is 0 Å². The van der Waals surface area contributed by atoms with Gasteiger partial charge in [0, 0.05) is 6.42 Å². The molecule has 1 rings (SSSR count). The van der Waals surface area contributed by atoms with Crippen molar-refractivity contribution in [3.8, 4) is 0 Å². The molecule has 0 spiro atoms. The number of hydrogen-bond donors (Lipinski definition) is 1. The molecule has 1 aliphatic heterocycles. The minimum atomic E-state index is -0.0205. The molecule has 1 aliphatic rings. The molecule has 0 saturated carbocycles. The smallest absolute Gasteiger partial charge is 0.307 e. The molecular weight excluding hydrogens is 310 g/mol. The Morgan fingerprint density at radius 3 is 1.80 bits per heavy atom. The van der Waals surface area contributed by atoms with E-state index in [2.05, 4.69) is 12.2 Å². The van der Waals surface area contributed by atoms with Crippen molar-refractivity contribution in [1.82, 2.24) is 5.32 Å². The van der Waals surface area contributed by atoms with Crippen molar-refractivity contribution in [3.05, 3.63) is 0 Å². The van der Waals surface area contributed by atoms with Crippen LogP contribution in [0.5, 0.6) is 0 Å². The molecule has 0 aromatic carbocycles. The van der Waals surface area contributed by atoms with E-state index in [0.29, 0.717) is 6.42 Å². The van der Waals surface area contributed by atoms with Gasteiger partial charge in [0.1, 0.15) is 0 Å². The zero-order chi connectivity index (χ0) is 18.0. The Kier molecular flexibility index (Phi) is 15.2. The number of unbranched alkanes of at least 4 members (excludes halogenated alkanes) is 13. The summed E-state index contributed by atoms with van der Waals surface area (Å²) in [6, 6.07) is 0. The Morgan fingerprint density at radius 1 is 0.800 bits per heavy atom. The minimum Gasteiger partial charge on any atom is -0.447 e. The maximum absolute atomic E-state index is 11.8. The van der Waals surface area contributed by atoms with Gasteiger partial charge in [-0.05, 0) is 32.2 Å². The molecule has 0 radical (unpaired) electrons. The van der Waals surface area contributed by atoms with Gasteiger partial charge in [0.2, 0.25) is 0 Å². The van der Waals surface area contributed by atoms with E-state index in [1.165, 1.54) is 96.3 Å². The van der Waals surface area contributed by atoms with Gasteiger partial charge < -0.3 is 4.74 Å². The maximum atomic E-state index is 11.8. The van der Waals surface area contributed by atoms with Crippen molar-refractivity contribution in [2.24, 2.45) is 0 Å². The molecule has 1 atom stereocenters. The summed E-state index contributed by atoms with van der Waals surface area (Å²) in [4.78, 5) is 11.8. The van der Waals surface area contributed by atoms with Crippen molar-refractivity contribution in [3.63, 3.8) is 0 Å². The molecule has 25 heavy (non-hydrogen) atoms. The lowest BCUT2D eigenvalue weighted by atomic mass is 10.0. The largest absolute Gasteiger partial charge is 0.447 e. The highest BCUT2D eigenvalue weighted by Gasteiger charge is 2.16. The van der Waals surface area contributed by atoms with E-state index >= 15 is 0 Å². The van der Waals surface area contributed by atoms with Gasteiger partial charge in [-0.15, -0.1) is 0 Å². The number of ether oxygens (including phenoxy) is 1. The Bertz CT molecular complexity index is 300. The maximum Gasteiger partial charge on any atom is 0.307 e. The van der Waals surface area contributed by atoms with E-state index in [0.717, 1.165) is 19.4 Å². The average Bonchev–Trinajstić information content (AvgIpc) is 2.63. The number of esters is 1. The number of carbonyl (C=O) groups excluding carboxylic acids is 1. The third-order valence-electron chi connectivity index (χ3n) is 5.27. The Hall–Kier alpha value is -0.570. The number of hydrogen-bond acceptors (Lipinski definition) is 3. The quantitative estimate of drug-likeness (QED) is 0.254. The predicted molar refractivity (Wildman–Crippen MR) is 107 cm³/mol. The van der Waals surface area contributed by atoms with Crippen LogP contribution in [-0.4, -0.2) is 18.7 Å². The van der Waals surface area contributed by atoms with Gasteiger partial charge in [-0.1, -0.05) is 90.4 Å². The highest BCUT2D eigenvalue weighted by Crippen LogP contribution is 2.14. The van der Waals surface area contributed by atoms with Crippen LogP contribution in [0.2, 0.25) is 0 Å². The predicted octanol–water partition coefficient (Wildman–Crippen LogP) is 6.50. The lowest BCUT2D eigenvalue weighted by Gasteiger charge is -2.23. The minimum absolute atomic E-state index is 0.0154. The second-order valence-electron chi connectivity index (χ2n) is 7.77. The van der Waals surface area contributed by atoms with Gasteiger partial charge in [-0.2, -0.15) is 0 Å². The summed E-state index contributed by atoms with van der Waals surface area (Å²) < 4.78 is 5.45. The van der Waals surface area contributed by atoms with Gasteiger partial charge in [0.25, 0.3) is 0 Å². The standard InChI is InChI=1S/C22H43NO2/c1-2-3-4-5-6-7-8-9-10-11-12-13-14-15-19-22(24)25-21-18-16-17-20-23-21/h21,23H,2-20H2,1H3. The average molecular weight is 354 g/mol. The first-order valence-corrected chi connectivity index (χ1v) is 11.3. The Labute approximate surface area is 156 Å². The van der Waals surface area contributed by atoms with Crippen molar-refractivity contribution in [1.29, 1.82) is 0 Å². The van der Waals surface area contributed by atoms with Crippen molar-refractivity contribution in [2.75, 3.05) is 6.54 Å². The molecule has 1 unspecified atom stereocenters. The van der Waals surface area contributed by atoms with Crippen LogP contribution in [0.25, 0.3) is 0 Å². The Balaban J connectivity index is 1.74. The number of carbonyl (C=O) groups is 1. The summed E-state index contributed by atoms with van der Waals surface area (Å²) in [7, 11) is 0. The normalized spacial score (nSPS) is 17.6. The first-order chi connectivity index (χ1) is 12.3. The highest BCUT2D eigenvalue weighted by molar-refractivity contribution is 5.69. The lowest BCUT2D eigenvalue weighted by molar-refractivity contribution is -0.152. The summed E-state index contributed by atoms with van der Waals surface area (Å²) in [6.07, 6.45) is 22.8. The summed E-state index contributed by atoms with van der Waals surface area (Å²) in [6.45, 7) is 3.26. The molecule has 0 aromatic rings. The molecule has 3 heteroatoms. The van der Waals surface area contributed by atoms with Crippen LogP contribution in [0.1, 0.15) is 122 Å². The van der Waals surface area contributed by atoms with E-state index in [1.54, 1.807) is 0 Å². The first kappa shape index (κ1) is 22.5. The van der Waals surface area contributed by atoms with Gasteiger partial charge in [-0.25, -0.2) is 0 Å². The zero-order valence-electron chi connectivity index (χ0n) is 16.8. The molecule has 0 amide bonds. The lowest BCUT2D eigenvalue weighted by Crippen LogP contribution is -2.37. The second kappa shape index (κ2) is 16.9. The first-order valence-electron chi connectivity index (χ1n) is 11.3. The van der Waals surface area contributed by atoms with Crippen LogP contribution in [0.3, 0.4) is 0 Å². The molecule has 0 bridgehead atoms. The van der Waals surface area contributed by atoms with E-state index in [9.17, 15) is 4.79 Å². The highest BCUT2D eigenvalue weighted by atomic mass is 16.6. The van der Waals surface area contributed by atoms with Crippen molar-refractivity contribution >= 4 is 5.97 Å². The van der Waals surface area contributed by atoms with Crippen molar-refractivity contribution < 1.29 is 9.53 Å². The molecule has 1 N–H and O–H groups in total. The number of nitrogens with one attached hydrogen (secondary N) is 1. The van der Waals surface area contributed by atoms with Crippen LogP contribution in [-0.2, 0) is 9.53 Å². The summed E-state index contributed by atoms with van der Waals surface area (Å²) in [5.41, 5.74) is 0. The molecule has 3 nitrogen and oxygen atoms in total. The van der Waals surface area contributed by atoms with Gasteiger partial charge in [0.15, 0.2) is 6.23 Å². The van der Waals surface area contributed by atoms with E-state index in [-0.39, 0.29) is 12.2 Å². The fourth-order valence-electron chi connectivity index (χ4n) is 3.60. The summed E-state index contributed by atoms with van der Waals surface area (Å²) in [5.74, 6) is -0.0154. The molecule has 0 aromatic heterocycles. The fourth-order valence-corrected chi connectivity index (χ4v) is 3.60. The molecule has 148 valence electrons. The third kappa shape index (κ3) is 14.3. The van der Waals surface area contributed by atoms with Gasteiger partial charge >= 0.3 is 5.97 Å². The fraction of sp³-hybridized carbons (Fsp3) is 0.955. The van der Waals surface area contributed by atoms with Crippen LogP contribution in [0.15, 0.2) is 0 Å². The van der Waals surface area contributed by atoms with E-state index in [4.69, 9.17) is 4.74 Å². The number of rotatable bonds is 16.